The molecule has 25 nitrogen and oxygen atoms in total. The third-order valence-corrected chi connectivity index (χ3v) is 16.5. The van der Waals surface area contributed by atoms with Crippen molar-refractivity contribution in [2.45, 2.75) is 147 Å². The van der Waals surface area contributed by atoms with Gasteiger partial charge in [0.25, 0.3) is 23.6 Å². The number of rotatable bonds is 18. The van der Waals surface area contributed by atoms with Gasteiger partial charge in [0.05, 0.1) is 44.5 Å². The summed E-state index contributed by atoms with van der Waals surface area (Å²) in [5.74, 6) is -6.79. The molecule has 2 spiro atoms. The van der Waals surface area contributed by atoms with Gasteiger partial charge in [-0.25, -0.2) is 27.2 Å². The minimum absolute atomic E-state index is 0. The molecule has 2 saturated heterocycles. The van der Waals surface area contributed by atoms with Crippen LogP contribution in [0.1, 0.15) is 167 Å². The summed E-state index contributed by atoms with van der Waals surface area (Å²) < 4.78 is 94.7. The van der Waals surface area contributed by atoms with Gasteiger partial charge in [0.2, 0.25) is 41.8 Å². The van der Waals surface area contributed by atoms with E-state index in [9.17, 15) is 55.9 Å². The minimum atomic E-state index is -1.03. The number of halogens is 4. The zero-order valence-electron chi connectivity index (χ0n) is 49.8. The highest BCUT2D eigenvalue weighted by molar-refractivity contribution is 6.01. The van der Waals surface area contributed by atoms with Gasteiger partial charge >= 0.3 is 12.3 Å². The minimum Gasteiger partial charge on any atom is -0.482 e. The Morgan fingerprint density at radius 3 is 1.48 bits per heavy atom. The number of carbonyl (C=O) groups excluding carboxylic acids is 6. The SMILES string of the molecule is CCCCOC(=O)OCOc1c2n(cc(C(=O)NCc3ccc(F)cc3F)c1=O)[C@@H]1CN(C2=O)[C@@H](C)CC[C@]12CC(C)=NO2.CCCCOC(=O)OCOc1c2n(cc(C(=O)NCc3ccc(F)cc3F)c1=O)[C@@H]1CN(C2=O)[C@@H](C)CC[C@]12CC(OC)=NO2.[HH].[HH]. The zero-order chi connectivity index (χ0) is 63.9. The fourth-order valence-corrected chi connectivity index (χ4v) is 11.5. The highest BCUT2D eigenvalue weighted by atomic mass is 19.1. The van der Waals surface area contributed by atoms with Crippen molar-refractivity contribution in [2.75, 3.05) is 47.0 Å². The first kappa shape index (κ1) is 64.3. The number of ether oxygens (including phenoxy) is 7. The van der Waals surface area contributed by atoms with Gasteiger partial charge in [-0.3, -0.25) is 28.8 Å². The van der Waals surface area contributed by atoms with Crippen molar-refractivity contribution in [3.8, 4) is 11.5 Å². The molecule has 4 bridgehead atoms. The van der Waals surface area contributed by atoms with Crippen LogP contribution in [0.25, 0.3) is 0 Å². The Kier molecular flexibility index (Phi) is 19.8. The van der Waals surface area contributed by atoms with E-state index in [2.05, 4.69) is 20.9 Å². The predicted molar refractivity (Wildman–Crippen MR) is 308 cm³/mol. The molecular formula is C60H72F4N8O17. The molecule has 6 atom stereocenters. The van der Waals surface area contributed by atoms with Crippen molar-refractivity contribution in [1.82, 2.24) is 29.6 Å². The molecular weight excluding hydrogens is 1180 g/mol. The van der Waals surface area contributed by atoms with Crippen molar-refractivity contribution in [2.24, 2.45) is 10.3 Å². The molecule has 0 aliphatic carbocycles. The van der Waals surface area contributed by atoms with Crippen LogP contribution in [0.3, 0.4) is 0 Å². The number of oxime groups is 2. The van der Waals surface area contributed by atoms with Crippen molar-refractivity contribution in [3.63, 3.8) is 0 Å². The number of hydrogen-bond donors (Lipinski definition) is 2. The second-order valence-corrected chi connectivity index (χ2v) is 22.4. The standard InChI is InChI=1S/C30H34F2N4O9.C30H34F2N4O8.2H2/c1-4-5-10-42-29(40)44-16-43-26-24-28(39)35-15-22(30(9-8-17(35)2)12-23(41-3)34-45-30)36(24)14-20(25(26)37)27(38)33-13-18-6-7-19(31)11-21(18)32;1-4-5-10-41-29(40)43-16-42-26-24-28(39)35-15-23(30(9-8-18(35)3)12-17(2)34-44-30)36(24)14-21(25(26)37)27(38)33-13-19-6-7-20(31)11-22(19)32;;/h6-7,11,14,17,22H,4-5,8-10,12-13,15-16H2,1-3H3,(H,33,38);6-7,11,14,18,23H,4-5,8-10,12-13,15-16H2,1-3H3,(H,33,38);2*1H/t17-,22+,30-;18-,23+,30-;;/m00../s1. The van der Waals surface area contributed by atoms with Crippen LogP contribution in [-0.4, -0.2) is 137 Å². The van der Waals surface area contributed by atoms with Crippen molar-refractivity contribution in [3.05, 3.63) is 126 Å². The van der Waals surface area contributed by atoms with Gasteiger partial charge in [0, 0.05) is 83.2 Å². The number of nitrogens with one attached hydrogen (secondary N) is 2. The molecule has 0 saturated carbocycles. The fourth-order valence-electron chi connectivity index (χ4n) is 11.5. The summed E-state index contributed by atoms with van der Waals surface area (Å²) in [7, 11) is 1.47. The second kappa shape index (κ2) is 27.5. The van der Waals surface area contributed by atoms with Crippen molar-refractivity contribution in [1.29, 1.82) is 0 Å². The van der Waals surface area contributed by atoms with Gasteiger partial charge in [-0.2, -0.15) is 0 Å². The molecule has 482 valence electrons. The van der Waals surface area contributed by atoms with Crippen LogP contribution in [0.5, 0.6) is 11.5 Å². The Bertz CT molecular complexity index is 3610. The molecule has 0 radical (unpaired) electrons. The van der Waals surface area contributed by atoms with Gasteiger partial charge in [-0.15, -0.1) is 0 Å². The number of amides is 4. The van der Waals surface area contributed by atoms with Crippen LogP contribution >= 0.6 is 0 Å². The number of hydrogen-bond acceptors (Lipinski definition) is 19. The third kappa shape index (κ3) is 13.6. The molecule has 2 aromatic heterocycles. The van der Waals surface area contributed by atoms with E-state index in [1.165, 1.54) is 40.8 Å². The summed E-state index contributed by atoms with van der Waals surface area (Å²) in [5, 5.41) is 13.2. The number of carbonyl (C=O) groups is 6. The molecule has 4 amide bonds. The van der Waals surface area contributed by atoms with Crippen LogP contribution in [-0.2, 0) is 46.4 Å². The number of nitrogens with zero attached hydrogens (tertiary/aromatic N) is 6. The molecule has 2 N–H and O–H groups in total. The van der Waals surface area contributed by atoms with E-state index in [-0.39, 0.29) is 83.3 Å². The number of pyridine rings is 2. The quantitative estimate of drug-likeness (QED) is 0.0411. The Morgan fingerprint density at radius 2 is 1.09 bits per heavy atom. The lowest BCUT2D eigenvalue weighted by Gasteiger charge is -2.42. The first-order valence-electron chi connectivity index (χ1n) is 29.1. The average Bonchev–Trinajstić information content (AvgIpc) is 1.64. The van der Waals surface area contributed by atoms with Gasteiger partial charge in [0.1, 0.15) is 34.4 Å². The van der Waals surface area contributed by atoms with Crippen molar-refractivity contribution >= 4 is 47.5 Å². The highest BCUT2D eigenvalue weighted by Crippen LogP contribution is 2.48. The van der Waals surface area contributed by atoms with E-state index in [0.29, 0.717) is 63.0 Å². The summed E-state index contributed by atoms with van der Waals surface area (Å²) in [6.07, 6.45) is 6.18. The van der Waals surface area contributed by atoms with Crippen LogP contribution in [0.2, 0.25) is 0 Å². The van der Waals surface area contributed by atoms with E-state index >= 15 is 0 Å². The summed E-state index contributed by atoms with van der Waals surface area (Å²) in [6, 6.07) is 4.14. The lowest BCUT2D eigenvalue weighted by Crippen LogP contribution is -2.52. The van der Waals surface area contributed by atoms with E-state index in [0.717, 1.165) is 30.7 Å². The lowest BCUT2D eigenvalue weighted by atomic mass is 9.84. The Balaban J connectivity index is 0.000000253. The summed E-state index contributed by atoms with van der Waals surface area (Å²) in [6.45, 7) is 7.84. The van der Waals surface area contributed by atoms with Gasteiger partial charge in [-0.05, 0) is 71.4 Å². The smallest absolute Gasteiger partial charge is 0.482 e. The average molecular weight is 1250 g/mol. The van der Waals surface area contributed by atoms with Crippen LogP contribution in [0.4, 0.5) is 27.2 Å². The Labute approximate surface area is 510 Å². The van der Waals surface area contributed by atoms with Gasteiger partial charge in [-0.1, -0.05) is 49.1 Å². The molecule has 2 fully saturated rings. The van der Waals surface area contributed by atoms with Crippen molar-refractivity contribution < 1.29 is 92.0 Å². The first-order valence-corrected chi connectivity index (χ1v) is 29.1. The van der Waals surface area contributed by atoms with Crippen LogP contribution in [0.15, 0.2) is 68.7 Å². The van der Waals surface area contributed by atoms with E-state index < -0.39 is 130 Å². The monoisotopic (exact) mass is 1250 g/mol. The van der Waals surface area contributed by atoms with E-state index in [1.807, 2.05) is 34.6 Å². The number of methoxy groups -OCH3 is 1. The maximum absolute atomic E-state index is 14.3. The number of unbranched alkanes of at least 4 members (excludes halogenated alkanes) is 2. The molecule has 29 heteroatoms. The lowest BCUT2D eigenvalue weighted by molar-refractivity contribution is -0.0660. The zero-order valence-corrected chi connectivity index (χ0v) is 49.8. The highest BCUT2D eigenvalue weighted by Gasteiger charge is 2.56. The maximum atomic E-state index is 14.3. The van der Waals surface area contributed by atoms with Gasteiger partial charge in [0.15, 0.2) is 22.6 Å². The van der Waals surface area contributed by atoms with Gasteiger partial charge < -0.3 is 72.4 Å². The number of fused-ring (bicyclic) bond motifs is 10. The number of benzene rings is 2. The topological polar surface area (TPSA) is 285 Å². The summed E-state index contributed by atoms with van der Waals surface area (Å²) in [5.41, 5.74) is -4.12. The molecule has 6 aliphatic heterocycles. The van der Waals surface area contributed by atoms with E-state index in [1.54, 1.807) is 9.80 Å². The van der Waals surface area contributed by atoms with Crippen LogP contribution in [0, 0.1) is 23.3 Å². The largest absolute Gasteiger partial charge is 0.511 e. The molecule has 8 heterocycles. The Morgan fingerprint density at radius 1 is 0.652 bits per heavy atom. The normalized spacial score (nSPS) is 21.9. The number of aromatic nitrogens is 2. The maximum Gasteiger partial charge on any atom is 0.511 e. The van der Waals surface area contributed by atoms with Crippen LogP contribution < -0.4 is 31.0 Å². The molecule has 10 rings (SSSR count). The molecule has 2 aromatic carbocycles. The second-order valence-electron chi connectivity index (χ2n) is 22.4. The molecule has 4 aromatic rings. The molecule has 89 heavy (non-hydrogen) atoms. The summed E-state index contributed by atoms with van der Waals surface area (Å²) >= 11 is 0. The van der Waals surface area contributed by atoms with E-state index in [4.69, 9.17) is 42.8 Å². The predicted octanol–water partition coefficient (Wildman–Crippen LogP) is 8.20. The fraction of sp³-hybridized carbons (Fsp3) is 0.500. The third-order valence-electron chi connectivity index (χ3n) is 16.5. The molecule has 6 aliphatic rings. The summed E-state index contributed by atoms with van der Waals surface area (Å²) in [4.78, 5) is 121. The molecule has 0 unspecified atom stereocenters. The first-order chi connectivity index (χ1) is 42.6. The Hall–Kier alpha value is -9.18.